The number of aromatic nitrogens is 2. The lowest BCUT2D eigenvalue weighted by Crippen LogP contribution is -2.46. The number of carbonyl (C=O) groups is 2. The highest BCUT2D eigenvalue weighted by Crippen LogP contribution is 2.32. The fraction of sp³-hybridized carbons (Fsp3) is 0.500. The first-order valence-electron chi connectivity index (χ1n) is 11.4. The molecule has 170 valence electrons. The molecule has 0 unspecified atom stereocenters. The summed E-state index contributed by atoms with van der Waals surface area (Å²) in [5.41, 5.74) is 1.62. The number of anilines is 3. The van der Waals surface area contributed by atoms with Crippen molar-refractivity contribution >= 4 is 29.3 Å². The summed E-state index contributed by atoms with van der Waals surface area (Å²) in [7, 11) is 0. The van der Waals surface area contributed by atoms with E-state index >= 15 is 0 Å². The predicted molar refractivity (Wildman–Crippen MR) is 125 cm³/mol. The number of nitrogens with one attached hydrogen (secondary N) is 3. The van der Waals surface area contributed by atoms with Gasteiger partial charge < -0.3 is 15.5 Å². The van der Waals surface area contributed by atoms with E-state index in [-0.39, 0.29) is 41.4 Å². The van der Waals surface area contributed by atoms with Crippen LogP contribution in [-0.4, -0.2) is 33.9 Å². The molecular weight excluding hydrogens is 406 g/mol. The minimum absolute atomic E-state index is 0.0937. The van der Waals surface area contributed by atoms with Crippen molar-refractivity contribution in [1.29, 1.82) is 0 Å². The Bertz CT molecular complexity index is 1070. The fourth-order valence-corrected chi connectivity index (χ4v) is 4.73. The van der Waals surface area contributed by atoms with Crippen LogP contribution in [0.1, 0.15) is 76.3 Å². The lowest BCUT2D eigenvalue weighted by Gasteiger charge is -2.39. The molecule has 0 bridgehead atoms. The molecule has 0 aliphatic carbocycles. The number of aromatic amines is 1. The van der Waals surface area contributed by atoms with Gasteiger partial charge in [-0.1, -0.05) is 26.0 Å². The van der Waals surface area contributed by atoms with Gasteiger partial charge in [-0.15, -0.1) is 0 Å². The number of carbonyl (C=O) groups excluding carboxylic acids is 2. The van der Waals surface area contributed by atoms with Gasteiger partial charge >= 0.3 is 0 Å². The Kier molecular flexibility index (Phi) is 6.04. The number of H-pyrrole nitrogens is 1. The molecule has 3 atom stereocenters. The Labute approximate surface area is 187 Å². The first-order valence-corrected chi connectivity index (χ1v) is 11.4. The van der Waals surface area contributed by atoms with Crippen LogP contribution >= 0.6 is 0 Å². The van der Waals surface area contributed by atoms with E-state index in [1.54, 1.807) is 0 Å². The van der Waals surface area contributed by atoms with Crippen LogP contribution in [0.2, 0.25) is 0 Å². The van der Waals surface area contributed by atoms with Crippen LogP contribution in [0.25, 0.3) is 0 Å². The molecule has 8 nitrogen and oxygen atoms in total. The zero-order valence-electron chi connectivity index (χ0n) is 19.1. The molecule has 32 heavy (non-hydrogen) atoms. The van der Waals surface area contributed by atoms with Crippen LogP contribution in [0, 0.1) is 0 Å². The second kappa shape index (κ2) is 8.76. The molecule has 1 saturated heterocycles. The van der Waals surface area contributed by atoms with Crippen LogP contribution in [0.5, 0.6) is 0 Å². The number of amides is 2. The van der Waals surface area contributed by atoms with Gasteiger partial charge in [0.15, 0.2) is 0 Å². The van der Waals surface area contributed by atoms with Gasteiger partial charge in [0, 0.05) is 24.2 Å². The second-order valence-corrected chi connectivity index (χ2v) is 9.26. The lowest BCUT2D eigenvalue weighted by molar-refractivity contribution is -0.123. The summed E-state index contributed by atoms with van der Waals surface area (Å²) < 4.78 is 0. The van der Waals surface area contributed by atoms with E-state index in [1.165, 1.54) is 5.56 Å². The van der Waals surface area contributed by atoms with Crippen molar-refractivity contribution in [3.63, 3.8) is 0 Å². The SMILES string of the molecule is CC(C)c1ccc(NC(=O)[C@@H]2CC(=O)Nc3nc(N4[C@@H](C)CCC[C@@H]4C)[nH]c(=O)c32)cc1. The molecule has 1 fully saturated rings. The number of benzene rings is 1. The van der Waals surface area contributed by atoms with Gasteiger partial charge in [0.05, 0.1) is 11.5 Å². The number of hydrogen-bond acceptors (Lipinski definition) is 5. The summed E-state index contributed by atoms with van der Waals surface area (Å²) in [5, 5.41) is 5.55. The van der Waals surface area contributed by atoms with E-state index in [0.29, 0.717) is 17.6 Å². The van der Waals surface area contributed by atoms with E-state index in [4.69, 9.17) is 0 Å². The largest absolute Gasteiger partial charge is 0.337 e. The van der Waals surface area contributed by atoms with E-state index in [1.807, 2.05) is 24.3 Å². The Hall–Kier alpha value is -3.16. The molecule has 0 radical (unpaired) electrons. The molecule has 3 heterocycles. The maximum absolute atomic E-state index is 13.1. The standard InChI is InChI=1S/C24H31N5O3/c1-13(2)16-8-10-17(11-9-16)25-22(31)18-12-19(30)26-21-20(18)23(32)28-24(27-21)29-14(3)6-5-7-15(29)4/h8-11,13-15,18H,5-7,12H2,1-4H3,(H,25,31)(H2,26,27,28,30,32)/t14-,15-,18+/m0/s1. The summed E-state index contributed by atoms with van der Waals surface area (Å²) in [5.74, 6) is -0.600. The van der Waals surface area contributed by atoms with Gasteiger partial charge in [-0.3, -0.25) is 19.4 Å². The Balaban J connectivity index is 1.63. The molecular formula is C24H31N5O3. The highest BCUT2D eigenvalue weighted by Gasteiger charge is 2.36. The van der Waals surface area contributed by atoms with Crippen molar-refractivity contribution in [2.75, 3.05) is 15.5 Å². The molecule has 2 aliphatic heterocycles. The fourth-order valence-electron chi connectivity index (χ4n) is 4.73. The minimum atomic E-state index is -0.898. The third kappa shape index (κ3) is 4.26. The van der Waals surface area contributed by atoms with Crippen molar-refractivity contribution in [1.82, 2.24) is 9.97 Å². The molecule has 1 aromatic heterocycles. The summed E-state index contributed by atoms with van der Waals surface area (Å²) in [6.07, 6.45) is 3.06. The third-order valence-electron chi connectivity index (χ3n) is 6.54. The number of piperidine rings is 1. The van der Waals surface area contributed by atoms with Gasteiger partial charge in [-0.25, -0.2) is 0 Å². The summed E-state index contributed by atoms with van der Waals surface area (Å²) in [6.45, 7) is 8.41. The van der Waals surface area contributed by atoms with E-state index in [0.717, 1.165) is 19.3 Å². The van der Waals surface area contributed by atoms with E-state index in [9.17, 15) is 14.4 Å². The number of fused-ring (bicyclic) bond motifs is 1. The van der Waals surface area contributed by atoms with Gasteiger partial charge in [-0.05, 0) is 56.7 Å². The van der Waals surface area contributed by atoms with Crippen LogP contribution in [0.15, 0.2) is 29.1 Å². The zero-order chi connectivity index (χ0) is 23.0. The first-order chi connectivity index (χ1) is 15.2. The van der Waals surface area contributed by atoms with Gasteiger partial charge in [-0.2, -0.15) is 4.98 Å². The van der Waals surface area contributed by atoms with E-state index in [2.05, 4.69) is 53.2 Å². The third-order valence-corrected chi connectivity index (χ3v) is 6.54. The zero-order valence-corrected chi connectivity index (χ0v) is 19.1. The highest BCUT2D eigenvalue weighted by atomic mass is 16.2. The normalized spacial score (nSPS) is 23.0. The maximum atomic E-state index is 13.1. The quantitative estimate of drug-likeness (QED) is 0.676. The van der Waals surface area contributed by atoms with Gasteiger partial charge in [0.2, 0.25) is 17.8 Å². The Morgan fingerprint density at radius 1 is 1.12 bits per heavy atom. The maximum Gasteiger partial charge on any atom is 0.258 e. The van der Waals surface area contributed by atoms with E-state index < -0.39 is 11.8 Å². The van der Waals surface area contributed by atoms with Crippen molar-refractivity contribution in [2.24, 2.45) is 0 Å². The van der Waals surface area contributed by atoms with Gasteiger partial charge in [0.25, 0.3) is 5.56 Å². The smallest absolute Gasteiger partial charge is 0.258 e. The molecule has 0 spiro atoms. The average Bonchev–Trinajstić information content (AvgIpc) is 2.73. The summed E-state index contributed by atoms with van der Waals surface area (Å²) in [6, 6.07) is 8.05. The summed E-state index contributed by atoms with van der Waals surface area (Å²) >= 11 is 0. The van der Waals surface area contributed by atoms with Crippen LogP contribution in [0.3, 0.4) is 0 Å². The van der Waals surface area contributed by atoms with Gasteiger partial charge in [0.1, 0.15) is 5.82 Å². The number of hydrogen-bond donors (Lipinski definition) is 3. The molecule has 0 saturated carbocycles. The van der Waals surface area contributed by atoms with Crippen LogP contribution < -0.4 is 21.1 Å². The Morgan fingerprint density at radius 3 is 2.41 bits per heavy atom. The number of rotatable bonds is 4. The Morgan fingerprint density at radius 2 is 1.78 bits per heavy atom. The molecule has 4 rings (SSSR count). The molecule has 2 aliphatic rings. The molecule has 2 amide bonds. The van der Waals surface area contributed by atoms with Crippen molar-refractivity contribution in [3.05, 3.63) is 45.7 Å². The second-order valence-electron chi connectivity index (χ2n) is 9.26. The summed E-state index contributed by atoms with van der Waals surface area (Å²) in [4.78, 5) is 48.1. The lowest BCUT2D eigenvalue weighted by atomic mass is 9.92. The van der Waals surface area contributed by atoms with Crippen molar-refractivity contribution < 1.29 is 9.59 Å². The van der Waals surface area contributed by atoms with Crippen LogP contribution in [-0.2, 0) is 9.59 Å². The molecule has 1 aromatic carbocycles. The molecule has 2 aromatic rings. The number of nitrogens with zero attached hydrogens (tertiary/aromatic N) is 2. The van der Waals surface area contributed by atoms with Crippen molar-refractivity contribution in [3.8, 4) is 0 Å². The topological polar surface area (TPSA) is 107 Å². The predicted octanol–water partition coefficient (Wildman–Crippen LogP) is 3.73. The highest BCUT2D eigenvalue weighted by molar-refractivity contribution is 6.04. The first kappa shape index (κ1) is 22.0. The molecule has 8 heteroatoms. The van der Waals surface area contributed by atoms with Crippen LogP contribution in [0.4, 0.5) is 17.5 Å². The molecule has 3 N–H and O–H groups in total. The van der Waals surface area contributed by atoms with Crippen molar-refractivity contribution in [2.45, 2.75) is 77.3 Å². The average molecular weight is 438 g/mol. The monoisotopic (exact) mass is 437 g/mol. The minimum Gasteiger partial charge on any atom is -0.337 e.